The molecule has 0 spiro atoms. The van der Waals surface area contributed by atoms with Crippen LogP contribution in [-0.2, 0) is 13.0 Å². The molecule has 0 saturated carbocycles. The van der Waals surface area contributed by atoms with Gasteiger partial charge in [-0.15, -0.1) is 0 Å². The van der Waals surface area contributed by atoms with Gasteiger partial charge in [0.05, 0.1) is 5.69 Å². The minimum atomic E-state index is 0.645. The molecule has 106 valence electrons. The van der Waals surface area contributed by atoms with Crippen molar-refractivity contribution in [1.29, 1.82) is 0 Å². The van der Waals surface area contributed by atoms with E-state index in [4.69, 9.17) is 4.98 Å². The third-order valence-corrected chi connectivity index (χ3v) is 4.61. The second-order valence-corrected chi connectivity index (χ2v) is 6.22. The summed E-state index contributed by atoms with van der Waals surface area (Å²) in [6.07, 6.45) is 6.01. The molecule has 1 saturated heterocycles. The molecule has 0 amide bonds. The molecular formula is C15H26N4. The molecule has 1 atom stereocenters. The monoisotopic (exact) mass is 262 g/mol. The van der Waals surface area contributed by atoms with Crippen LogP contribution in [0.5, 0.6) is 0 Å². The summed E-state index contributed by atoms with van der Waals surface area (Å²) in [5.74, 6) is 1.96. The molecule has 3 rings (SSSR count). The summed E-state index contributed by atoms with van der Waals surface area (Å²) < 4.78 is 2.38. The molecule has 1 aromatic rings. The zero-order chi connectivity index (χ0) is 13.2. The number of nitrogens with zero attached hydrogens (tertiary/aromatic N) is 4. The number of hydrogen-bond acceptors (Lipinski definition) is 3. The first kappa shape index (κ1) is 13.1. The maximum Gasteiger partial charge on any atom is 0.111 e. The van der Waals surface area contributed by atoms with Crippen molar-refractivity contribution in [3.63, 3.8) is 0 Å². The van der Waals surface area contributed by atoms with Gasteiger partial charge >= 0.3 is 0 Å². The minimum absolute atomic E-state index is 0.645. The van der Waals surface area contributed by atoms with Crippen molar-refractivity contribution >= 4 is 0 Å². The molecule has 19 heavy (non-hydrogen) atoms. The highest BCUT2D eigenvalue weighted by Gasteiger charge is 2.19. The Hall–Kier alpha value is -0.870. The van der Waals surface area contributed by atoms with Crippen molar-refractivity contribution in [3.05, 3.63) is 17.7 Å². The smallest absolute Gasteiger partial charge is 0.111 e. The zero-order valence-electron chi connectivity index (χ0n) is 12.3. The van der Waals surface area contributed by atoms with Crippen LogP contribution in [0.15, 0.2) is 6.20 Å². The Bertz CT molecular complexity index is 418. The predicted molar refractivity (Wildman–Crippen MR) is 77.5 cm³/mol. The van der Waals surface area contributed by atoms with Crippen molar-refractivity contribution < 1.29 is 0 Å². The number of hydrogen-bond donors (Lipinski definition) is 0. The van der Waals surface area contributed by atoms with Crippen molar-refractivity contribution in [2.24, 2.45) is 0 Å². The topological polar surface area (TPSA) is 24.3 Å². The Morgan fingerprint density at radius 3 is 2.74 bits per heavy atom. The maximum atomic E-state index is 4.86. The van der Waals surface area contributed by atoms with Crippen LogP contribution < -0.4 is 0 Å². The third kappa shape index (κ3) is 3.00. The summed E-state index contributed by atoms with van der Waals surface area (Å²) in [6, 6.07) is 0. The van der Waals surface area contributed by atoms with Gasteiger partial charge in [0.15, 0.2) is 0 Å². The quantitative estimate of drug-likeness (QED) is 0.826. The van der Waals surface area contributed by atoms with E-state index >= 15 is 0 Å². The van der Waals surface area contributed by atoms with Crippen LogP contribution in [0.4, 0.5) is 0 Å². The molecule has 0 aromatic carbocycles. The lowest BCUT2D eigenvalue weighted by Crippen LogP contribution is -2.45. The third-order valence-electron chi connectivity index (χ3n) is 4.61. The molecule has 0 aliphatic carbocycles. The van der Waals surface area contributed by atoms with Gasteiger partial charge in [0, 0.05) is 57.8 Å². The molecule has 1 aromatic heterocycles. The standard InChI is InChI=1S/C15H26N4/c1-13-4-3-6-19-12-14(16-15(13)19)5-7-18-10-8-17(2)9-11-18/h12-13H,3-11H2,1-2H3. The Kier molecular flexibility index (Phi) is 3.89. The van der Waals surface area contributed by atoms with Gasteiger partial charge in [0.1, 0.15) is 5.82 Å². The van der Waals surface area contributed by atoms with Gasteiger partial charge in [-0.1, -0.05) is 6.92 Å². The second-order valence-electron chi connectivity index (χ2n) is 6.22. The van der Waals surface area contributed by atoms with Crippen LogP contribution in [-0.4, -0.2) is 59.1 Å². The van der Waals surface area contributed by atoms with E-state index in [1.165, 1.54) is 63.6 Å². The minimum Gasteiger partial charge on any atom is -0.334 e. The van der Waals surface area contributed by atoms with Gasteiger partial charge in [-0.3, -0.25) is 0 Å². The molecule has 0 radical (unpaired) electrons. The molecule has 2 aliphatic heterocycles. The van der Waals surface area contributed by atoms with Crippen LogP contribution >= 0.6 is 0 Å². The summed E-state index contributed by atoms with van der Waals surface area (Å²) in [6.45, 7) is 9.47. The molecule has 3 heterocycles. The Morgan fingerprint density at radius 2 is 2.00 bits per heavy atom. The van der Waals surface area contributed by atoms with E-state index in [0.717, 1.165) is 6.42 Å². The summed E-state index contributed by atoms with van der Waals surface area (Å²) in [5, 5.41) is 0. The number of aryl methyl sites for hydroxylation is 1. The summed E-state index contributed by atoms with van der Waals surface area (Å²) in [7, 11) is 2.21. The average molecular weight is 262 g/mol. The van der Waals surface area contributed by atoms with E-state index in [1.807, 2.05) is 0 Å². The fourth-order valence-electron chi connectivity index (χ4n) is 3.22. The van der Waals surface area contributed by atoms with Crippen LogP contribution in [0.1, 0.15) is 37.2 Å². The van der Waals surface area contributed by atoms with Crippen LogP contribution in [0, 0.1) is 0 Å². The highest BCUT2D eigenvalue weighted by Crippen LogP contribution is 2.25. The van der Waals surface area contributed by atoms with Crippen molar-refractivity contribution in [2.75, 3.05) is 39.8 Å². The SMILES string of the molecule is CC1CCCn2cc(CCN3CCN(C)CC3)nc21. The van der Waals surface area contributed by atoms with Gasteiger partial charge < -0.3 is 14.4 Å². The highest BCUT2D eigenvalue weighted by molar-refractivity contribution is 5.10. The highest BCUT2D eigenvalue weighted by atomic mass is 15.2. The molecular weight excluding hydrogens is 236 g/mol. The molecule has 4 heteroatoms. The van der Waals surface area contributed by atoms with E-state index in [1.54, 1.807) is 0 Å². The van der Waals surface area contributed by atoms with Gasteiger partial charge in [-0.05, 0) is 19.9 Å². The van der Waals surface area contributed by atoms with Gasteiger partial charge in [0.25, 0.3) is 0 Å². The lowest BCUT2D eigenvalue weighted by Gasteiger charge is -2.32. The van der Waals surface area contributed by atoms with Crippen LogP contribution in [0.2, 0.25) is 0 Å². The van der Waals surface area contributed by atoms with E-state index < -0.39 is 0 Å². The average Bonchev–Trinajstić information content (AvgIpc) is 2.83. The number of aromatic nitrogens is 2. The number of imidazole rings is 1. The lowest BCUT2D eigenvalue weighted by atomic mass is 10.0. The Morgan fingerprint density at radius 1 is 1.21 bits per heavy atom. The number of rotatable bonds is 3. The summed E-state index contributed by atoms with van der Waals surface area (Å²) in [5.41, 5.74) is 1.29. The normalized spacial score (nSPS) is 25.5. The summed E-state index contributed by atoms with van der Waals surface area (Å²) >= 11 is 0. The van der Waals surface area contributed by atoms with Gasteiger partial charge in [-0.2, -0.15) is 0 Å². The number of piperazine rings is 1. The molecule has 2 aliphatic rings. The van der Waals surface area contributed by atoms with Gasteiger partial charge in [-0.25, -0.2) is 4.98 Å². The van der Waals surface area contributed by atoms with Crippen molar-refractivity contribution in [1.82, 2.24) is 19.4 Å². The van der Waals surface area contributed by atoms with Crippen LogP contribution in [0.3, 0.4) is 0 Å². The van der Waals surface area contributed by atoms with Crippen LogP contribution in [0.25, 0.3) is 0 Å². The predicted octanol–water partition coefficient (Wildman–Crippen LogP) is 1.57. The van der Waals surface area contributed by atoms with Crippen molar-refractivity contribution in [2.45, 2.75) is 38.6 Å². The van der Waals surface area contributed by atoms with E-state index in [9.17, 15) is 0 Å². The van der Waals surface area contributed by atoms with E-state index in [0.29, 0.717) is 5.92 Å². The Labute approximate surface area is 116 Å². The van der Waals surface area contributed by atoms with Crippen molar-refractivity contribution in [3.8, 4) is 0 Å². The first-order valence-electron chi connectivity index (χ1n) is 7.69. The van der Waals surface area contributed by atoms with Gasteiger partial charge in [0.2, 0.25) is 0 Å². The number of fused-ring (bicyclic) bond motifs is 1. The van der Waals surface area contributed by atoms with E-state index in [-0.39, 0.29) is 0 Å². The zero-order valence-corrected chi connectivity index (χ0v) is 12.3. The Balaban J connectivity index is 1.56. The fourth-order valence-corrected chi connectivity index (χ4v) is 3.22. The number of likely N-dealkylation sites (N-methyl/N-ethyl adjacent to an activating group) is 1. The largest absolute Gasteiger partial charge is 0.334 e. The maximum absolute atomic E-state index is 4.86. The summed E-state index contributed by atoms with van der Waals surface area (Å²) in [4.78, 5) is 9.84. The first-order valence-corrected chi connectivity index (χ1v) is 7.69. The molecule has 0 bridgehead atoms. The molecule has 1 fully saturated rings. The lowest BCUT2D eigenvalue weighted by molar-refractivity contribution is 0.155. The second kappa shape index (κ2) is 5.63. The molecule has 4 nitrogen and oxygen atoms in total. The molecule has 0 N–H and O–H groups in total. The first-order chi connectivity index (χ1) is 9.22. The van der Waals surface area contributed by atoms with E-state index in [2.05, 4.69) is 34.5 Å². The molecule has 1 unspecified atom stereocenters. The fraction of sp³-hybridized carbons (Fsp3) is 0.800.